The zero-order valence-corrected chi connectivity index (χ0v) is 16.9. The summed E-state index contributed by atoms with van der Waals surface area (Å²) in [6.45, 7) is 1.96. The Labute approximate surface area is 179 Å². The van der Waals surface area contributed by atoms with Gasteiger partial charge in [0, 0.05) is 37.5 Å². The molecule has 1 saturated heterocycles. The number of likely N-dealkylation sites (tertiary alicyclic amines) is 1. The molecule has 0 bridgehead atoms. The zero-order chi connectivity index (χ0) is 22.0. The second-order valence-corrected chi connectivity index (χ2v) is 8.02. The van der Waals surface area contributed by atoms with Crippen LogP contribution in [0.4, 0.5) is 5.82 Å². The first-order valence-electron chi connectivity index (χ1n) is 10.2. The molecule has 1 aliphatic heterocycles. The molecular formula is C23H24N4O4. The largest absolute Gasteiger partial charge is 0.478 e. The molecule has 1 aromatic heterocycles. The molecule has 8 heteroatoms. The molecule has 1 aromatic carbocycles. The average molecular weight is 420 g/mol. The summed E-state index contributed by atoms with van der Waals surface area (Å²) >= 11 is 0. The number of nitrogens with zero attached hydrogens (tertiary/aromatic N) is 2. The quantitative estimate of drug-likeness (QED) is 0.588. The SMILES string of the molecule is Nc1ccc(/C=C/C(=O)NCCC2C3CN(C(=O)c4cccc(C(=O)O)c4)CC23)cn1. The van der Waals surface area contributed by atoms with Crippen molar-refractivity contribution in [3.63, 3.8) is 0 Å². The van der Waals surface area contributed by atoms with Crippen molar-refractivity contribution >= 4 is 29.7 Å². The van der Waals surface area contributed by atoms with Crippen LogP contribution in [-0.2, 0) is 4.79 Å². The van der Waals surface area contributed by atoms with Crippen molar-refractivity contribution < 1.29 is 19.5 Å². The second kappa shape index (κ2) is 8.59. The minimum Gasteiger partial charge on any atom is -0.478 e. The van der Waals surface area contributed by atoms with Crippen molar-refractivity contribution in [2.75, 3.05) is 25.4 Å². The van der Waals surface area contributed by atoms with E-state index in [1.807, 2.05) is 0 Å². The van der Waals surface area contributed by atoms with E-state index in [1.54, 1.807) is 41.4 Å². The molecule has 2 heterocycles. The number of carbonyl (C=O) groups is 3. The number of piperidine rings is 1. The Morgan fingerprint density at radius 2 is 1.90 bits per heavy atom. The monoisotopic (exact) mass is 420 g/mol. The van der Waals surface area contributed by atoms with Crippen LogP contribution < -0.4 is 11.1 Å². The number of fused-ring (bicyclic) bond motifs is 1. The summed E-state index contributed by atoms with van der Waals surface area (Å²) in [5.41, 5.74) is 6.87. The maximum absolute atomic E-state index is 12.7. The third-order valence-corrected chi connectivity index (χ3v) is 6.03. The van der Waals surface area contributed by atoms with E-state index in [1.165, 1.54) is 18.2 Å². The van der Waals surface area contributed by atoms with Crippen LogP contribution in [0, 0.1) is 17.8 Å². The van der Waals surface area contributed by atoms with Gasteiger partial charge in [0.25, 0.3) is 5.91 Å². The van der Waals surface area contributed by atoms with E-state index < -0.39 is 5.97 Å². The fraction of sp³-hybridized carbons (Fsp3) is 0.304. The number of aromatic nitrogens is 1. The number of pyridine rings is 1. The summed E-state index contributed by atoms with van der Waals surface area (Å²) in [5.74, 6) is 0.550. The average Bonchev–Trinajstić information content (AvgIpc) is 3.21. The summed E-state index contributed by atoms with van der Waals surface area (Å²) in [7, 11) is 0. The molecule has 0 radical (unpaired) electrons. The smallest absolute Gasteiger partial charge is 0.335 e. The third kappa shape index (κ3) is 4.74. The maximum atomic E-state index is 12.7. The van der Waals surface area contributed by atoms with Crippen molar-refractivity contribution in [3.8, 4) is 0 Å². The highest BCUT2D eigenvalue weighted by Crippen LogP contribution is 2.53. The number of carboxylic acid groups (broad SMARTS) is 1. The van der Waals surface area contributed by atoms with E-state index in [9.17, 15) is 14.4 Å². The molecule has 31 heavy (non-hydrogen) atoms. The van der Waals surface area contributed by atoms with Crippen molar-refractivity contribution in [1.29, 1.82) is 0 Å². The van der Waals surface area contributed by atoms with Gasteiger partial charge in [0.15, 0.2) is 0 Å². The van der Waals surface area contributed by atoms with Crippen LogP contribution in [0.15, 0.2) is 48.7 Å². The molecule has 0 spiro atoms. The molecule has 1 saturated carbocycles. The number of aromatic carboxylic acids is 1. The van der Waals surface area contributed by atoms with Crippen LogP contribution in [0.3, 0.4) is 0 Å². The van der Waals surface area contributed by atoms with E-state index in [0.717, 1.165) is 12.0 Å². The normalized spacial score (nSPS) is 21.7. The Morgan fingerprint density at radius 3 is 2.58 bits per heavy atom. The summed E-state index contributed by atoms with van der Waals surface area (Å²) in [5, 5.41) is 12.0. The minimum absolute atomic E-state index is 0.116. The van der Waals surface area contributed by atoms with Gasteiger partial charge < -0.3 is 21.1 Å². The Morgan fingerprint density at radius 1 is 1.16 bits per heavy atom. The van der Waals surface area contributed by atoms with Gasteiger partial charge in [-0.15, -0.1) is 0 Å². The van der Waals surface area contributed by atoms with Crippen molar-refractivity contribution in [2.45, 2.75) is 6.42 Å². The molecule has 2 aliphatic rings. The van der Waals surface area contributed by atoms with E-state index in [2.05, 4.69) is 10.3 Å². The zero-order valence-electron chi connectivity index (χ0n) is 16.9. The number of amides is 2. The highest BCUT2D eigenvalue weighted by molar-refractivity contribution is 5.97. The summed E-state index contributed by atoms with van der Waals surface area (Å²) in [6, 6.07) is 9.63. The number of anilines is 1. The molecule has 2 amide bonds. The molecule has 2 unspecified atom stereocenters. The third-order valence-electron chi connectivity index (χ3n) is 6.03. The topological polar surface area (TPSA) is 126 Å². The van der Waals surface area contributed by atoms with Gasteiger partial charge in [-0.25, -0.2) is 9.78 Å². The first kappa shape index (κ1) is 20.6. The molecule has 2 fully saturated rings. The fourth-order valence-electron chi connectivity index (χ4n) is 4.32. The van der Waals surface area contributed by atoms with Crippen LogP contribution in [0.1, 0.15) is 32.7 Å². The van der Waals surface area contributed by atoms with Gasteiger partial charge in [0.05, 0.1) is 5.56 Å². The number of nitrogens with one attached hydrogen (secondary N) is 1. The molecule has 8 nitrogen and oxygen atoms in total. The lowest BCUT2D eigenvalue weighted by Gasteiger charge is -2.20. The number of nitrogens with two attached hydrogens (primary N) is 1. The molecular weight excluding hydrogens is 396 g/mol. The fourth-order valence-corrected chi connectivity index (χ4v) is 4.32. The summed E-state index contributed by atoms with van der Waals surface area (Å²) in [6.07, 6.45) is 5.66. The molecule has 4 rings (SSSR count). The van der Waals surface area contributed by atoms with Crippen LogP contribution in [0.2, 0.25) is 0 Å². The Balaban J connectivity index is 1.19. The van der Waals surface area contributed by atoms with Gasteiger partial charge in [0.1, 0.15) is 5.82 Å². The van der Waals surface area contributed by atoms with Gasteiger partial charge in [0.2, 0.25) is 5.91 Å². The number of benzene rings is 1. The number of rotatable bonds is 7. The van der Waals surface area contributed by atoms with Gasteiger partial charge >= 0.3 is 5.97 Å². The predicted octanol–water partition coefficient (Wildman–Crippen LogP) is 1.90. The highest BCUT2D eigenvalue weighted by Gasteiger charge is 2.55. The lowest BCUT2D eigenvalue weighted by molar-refractivity contribution is -0.116. The maximum Gasteiger partial charge on any atom is 0.335 e. The molecule has 4 N–H and O–H groups in total. The highest BCUT2D eigenvalue weighted by atomic mass is 16.4. The van der Waals surface area contributed by atoms with Crippen LogP contribution in [0.5, 0.6) is 0 Å². The van der Waals surface area contributed by atoms with Crippen LogP contribution >= 0.6 is 0 Å². The van der Waals surface area contributed by atoms with Crippen LogP contribution in [0.25, 0.3) is 6.08 Å². The van der Waals surface area contributed by atoms with E-state index >= 15 is 0 Å². The molecule has 2 aromatic rings. The van der Waals surface area contributed by atoms with Crippen molar-refractivity contribution in [2.24, 2.45) is 17.8 Å². The Kier molecular flexibility index (Phi) is 5.70. The summed E-state index contributed by atoms with van der Waals surface area (Å²) < 4.78 is 0. The first-order valence-corrected chi connectivity index (χ1v) is 10.2. The molecule has 2 atom stereocenters. The van der Waals surface area contributed by atoms with E-state index in [-0.39, 0.29) is 17.4 Å². The Hall–Kier alpha value is -3.68. The second-order valence-electron chi connectivity index (χ2n) is 8.02. The predicted molar refractivity (Wildman–Crippen MR) is 115 cm³/mol. The number of carboxylic acids is 1. The lowest BCUT2D eigenvalue weighted by atomic mass is 10.1. The van der Waals surface area contributed by atoms with Gasteiger partial charge in [-0.3, -0.25) is 9.59 Å². The molecule has 160 valence electrons. The van der Waals surface area contributed by atoms with Gasteiger partial charge in [-0.2, -0.15) is 0 Å². The minimum atomic E-state index is -1.04. The molecule has 1 aliphatic carbocycles. The Bertz CT molecular complexity index is 1020. The summed E-state index contributed by atoms with van der Waals surface area (Å²) in [4.78, 5) is 41.5. The lowest BCUT2D eigenvalue weighted by Crippen LogP contribution is -2.32. The van der Waals surface area contributed by atoms with E-state index in [0.29, 0.717) is 48.8 Å². The number of carbonyl (C=O) groups excluding carboxylic acids is 2. The van der Waals surface area contributed by atoms with Crippen LogP contribution in [-0.4, -0.2) is 52.4 Å². The standard InChI is InChI=1S/C23H24N4O4/c24-20-6-4-14(11-26-20)5-7-21(28)25-9-8-17-18-12-27(13-19(17)18)22(29)15-2-1-3-16(10-15)23(30)31/h1-7,10-11,17-19H,8-9,12-13H2,(H2,24,26)(H,25,28)(H,30,31)/b7-5+. The van der Waals surface area contributed by atoms with Gasteiger partial charge in [-0.05, 0) is 66.1 Å². The first-order chi connectivity index (χ1) is 14.9. The van der Waals surface area contributed by atoms with E-state index in [4.69, 9.17) is 10.8 Å². The van der Waals surface area contributed by atoms with Gasteiger partial charge in [-0.1, -0.05) is 6.07 Å². The number of nitrogen functional groups attached to an aromatic ring is 1. The number of hydrogen-bond donors (Lipinski definition) is 3. The number of hydrogen-bond acceptors (Lipinski definition) is 5. The van der Waals surface area contributed by atoms with Crippen molar-refractivity contribution in [3.05, 3.63) is 65.4 Å². The van der Waals surface area contributed by atoms with Crippen molar-refractivity contribution in [1.82, 2.24) is 15.2 Å².